The van der Waals surface area contributed by atoms with Crippen molar-refractivity contribution < 1.29 is 4.74 Å². The van der Waals surface area contributed by atoms with E-state index in [2.05, 4.69) is 20.6 Å². The van der Waals surface area contributed by atoms with Gasteiger partial charge in [0.25, 0.3) is 0 Å². The first-order valence-electron chi connectivity index (χ1n) is 8.36. The molecule has 24 heavy (non-hydrogen) atoms. The van der Waals surface area contributed by atoms with E-state index in [4.69, 9.17) is 16.3 Å². The number of aromatic nitrogens is 2. The number of methoxy groups -OCH3 is 1. The lowest BCUT2D eigenvalue weighted by molar-refractivity contribution is 0.416. The van der Waals surface area contributed by atoms with E-state index in [1.54, 1.807) is 13.3 Å². The van der Waals surface area contributed by atoms with Gasteiger partial charge in [0.05, 0.1) is 12.8 Å². The monoisotopic (exact) mass is 346 g/mol. The van der Waals surface area contributed by atoms with Crippen molar-refractivity contribution >= 4 is 29.1 Å². The second kappa shape index (κ2) is 7.71. The van der Waals surface area contributed by atoms with Crippen LogP contribution in [0.2, 0.25) is 5.02 Å². The molecule has 1 heterocycles. The predicted molar refractivity (Wildman–Crippen MR) is 98.6 cm³/mol. The molecule has 2 N–H and O–H groups in total. The molecule has 1 fully saturated rings. The summed E-state index contributed by atoms with van der Waals surface area (Å²) in [5, 5.41) is 7.42. The Morgan fingerprint density at radius 2 is 2.00 bits per heavy atom. The van der Waals surface area contributed by atoms with Crippen LogP contribution < -0.4 is 15.4 Å². The summed E-state index contributed by atoms with van der Waals surface area (Å²) in [7, 11) is 1.63. The normalized spacial score (nSPS) is 15.1. The fraction of sp³-hybridized carbons (Fsp3) is 0.444. The van der Waals surface area contributed by atoms with Crippen molar-refractivity contribution in [1.29, 1.82) is 0 Å². The minimum atomic E-state index is 0.473. The molecular weight excluding hydrogens is 324 g/mol. The van der Waals surface area contributed by atoms with Crippen LogP contribution >= 0.6 is 11.6 Å². The summed E-state index contributed by atoms with van der Waals surface area (Å²) in [5.74, 6) is 2.07. The van der Waals surface area contributed by atoms with E-state index in [9.17, 15) is 0 Å². The summed E-state index contributed by atoms with van der Waals surface area (Å²) in [6.45, 7) is 1.96. The molecule has 1 aromatic heterocycles. The molecule has 0 bridgehead atoms. The maximum Gasteiger partial charge on any atom is 0.224 e. The van der Waals surface area contributed by atoms with Gasteiger partial charge in [-0.25, -0.2) is 4.98 Å². The zero-order chi connectivity index (χ0) is 16.9. The van der Waals surface area contributed by atoms with E-state index in [1.807, 2.05) is 25.1 Å². The number of hydrogen-bond acceptors (Lipinski definition) is 5. The van der Waals surface area contributed by atoms with E-state index in [-0.39, 0.29) is 0 Å². The Balaban J connectivity index is 1.76. The van der Waals surface area contributed by atoms with Gasteiger partial charge in [-0.3, -0.25) is 0 Å². The molecule has 3 rings (SSSR count). The van der Waals surface area contributed by atoms with Gasteiger partial charge >= 0.3 is 0 Å². The molecule has 0 atom stereocenters. The Bertz CT molecular complexity index is 701. The number of rotatable bonds is 5. The van der Waals surface area contributed by atoms with Crippen molar-refractivity contribution in [3.8, 4) is 5.75 Å². The molecule has 0 radical (unpaired) electrons. The van der Waals surface area contributed by atoms with Crippen molar-refractivity contribution in [3.05, 3.63) is 35.0 Å². The summed E-state index contributed by atoms with van der Waals surface area (Å²) in [6, 6.07) is 6.08. The maximum atomic E-state index is 6.16. The van der Waals surface area contributed by atoms with E-state index in [0.717, 1.165) is 17.1 Å². The highest BCUT2D eigenvalue weighted by molar-refractivity contribution is 6.31. The quantitative estimate of drug-likeness (QED) is 0.803. The van der Waals surface area contributed by atoms with Gasteiger partial charge in [-0.2, -0.15) is 4.98 Å². The summed E-state index contributed by atoms with van der Waals surface area (Å²) in [6.07, 6.45) is 8.01. The van der Waals surface area contributed by atoms with E-state index in [1.165, 1.54) is 32.1 Å². The number of nitrogens with zero attached hydrogens (tertiary/aromatic N) is 2. The van der Waals surface area contributed by atoms with Gasteiger partial charge in [0, 0.05) is 23.3 Å². The molecular formula is C18H23ClN4O. The lowest BCUT2D eigenvalue weighted by Crippen LogP contribution is -2.23. The van der Waals surface area contributed by atoms with Crippen LogP contribution in [0.5, 0.6) is 5.75 Å². The Morgan fingerprint density at radius 1 is 1.21 bits per heavy atom. The summed E-state index contributed by atoms with van der Waals surface area (Å²) in [5.41, 5.74) is 1.82. The third kappa shape index (κ3) is 4.09. The zero-order valence-corrected chi connectivity index (χ0v) is 14.9. The zero-order valence-electron chi connectivity index (χ0n) is 14.1. The Labute approximate surface area is 147 Å². The average molecular weight is 347 g/mol. The molecule has 0 aliphatic heterocycles. The van der Waals surface area contributed by atoms with Gasteiger partial charge in [0.2, 0.25) is 5.95 Å². The van der Waals surface area contributed by atoms with Crippen LogP contribution in [0.1, 0.15) is 37.7 Å². The molecule has 1 aromatic carbocycles. The number of nitrogens with one attached hydrogen (secondary N) is 2. The van der Waals surface area contributed by atoms with Gasteiger partial charge in [-0.15, -0.1) is 0 Å². The molecule has 1 aliphatic rings. The molecule has 128 valence electrons. The molecule has 5 nitrogen and oxygen atoms in total. The molecule has 1 saturated carbocycles. The largest absolute Gasteiger partial charge is 0.495 e. The van der Waals surface area contributed by atoms with Crippen molar-refractivity contribution in [3.63, 3.8) is 0 Å². The SMILES string of the molecule is COc1cc(Cl)c(C)cc1Nc1ccnc(NC2CCCCC2)n1. The first-order valence-corrected chi connectivity index (χ1v) is 8.74. The van der Waals surface area contributed by atoms with Crippen molar-refractivity contribution in [2.75, 3.05) is 17.7 Å². The van der Waals surface area contributed by atoms with E-state index >= 15 is 0 Å². The van der Waals surface area contributed by atoms with Crippen LogP contribution in [-0.2, 0) is 0 Å². The predicted octanol–water partition coefficient (Wildman–Crippen LogP) is 4.94. The average Bonchev–Trinajstić information content (AvgIpc) is 2.59. The fourth-order valence-corrected chi connectivity index (χ4v) is 3.15. The Hall–Kier alpha value is -2.01. The van der Waals surface area contributed by atoms with E-state index < -0.39 is 0 Å². The lowest BCUT2D eigenvalue weighted by atomic mass is 9.96. The molecule has 1 aliphatic carbocycles. The highest BCUT2D eigenvalue weighted by Crippen LogP contribution is 2.32. The highest BCUT2D eigenvalue weighted by atomic mass is 35.5. The Kier molecular flexibility index (Phi) is 5.41. The van der Waals surface area contributed by atoms with Gasteiger partial charge in [0.1, 0.15) is 11.6 Å². The number of halogens is 1. The van der Waals surface area contributed by atoms with Crippen LogP contribution in [0.25, 0.3) is 0 Å². The minimum Gasteiger partial charge on any atom is -0.495 e. The minimum absolute atomic E-state index is 0.473. The molecule has 0 unspecified atom stereocenters. The van der Waals surface area contributed by atoms with Crippen molar-refractivity contribution in [2.24, 2.45) is 0 Å². The number of anilines is 3. The maximum absolute atomic E-state index is 6.16. The van der Waals surface area contributed by atoms with Gasteiger partial charge in [0.15, 0.2) is 0 Å². The van der Waals surface area contributed by atoms with Crippen molar-refractivity contribution in [1.82, 2.24) is 9.97 Å². The Morgan fingerprint density at radius 3 is 2.75 bits per heavy atom. The van der Waals surface area contributed by atoms with Crippen LogP contribution in [0.3, 0.4) is 0 Å². The van der Waals surface area contributed by atoms with Gasteiger partial charge < -0.3 is 15.4 Å². The first kappa shape index (κ1) is 16.8. The van der Waals surface area contributed by atoms with Crippen molar-refractivity contribution in [2.45, 2.75) is 45.1 Å². The van der Waals surface area contributed by atoms with Crippen LogP contribution in [0.4, 0.5) is 17.5 Å². The fourth-order valence-electron chi connectivity index (χ4n) is 3.00. The second-order valence-electron chi connectivity index (χ2n) is 6.17. The smallest absolute Gasteiger partial charge is 0.224 e. The van der Waals surface area contributed by atoms with Gasteiger partial charge in [-0.1, -0.05) is 30.9 Å². The number of benzene rings is 1. The third-order valence-corrected chi connectivity index (χ3v) is 4.74. The van der Waals surface area contributed by atoms with E-state index in [0.29, 0.717) is 22.8 Å². The lowest BCUT2D eigenvalue weighted by Gasteiger charge is -2.22. The van der Waals surface area contributed by atoms with Crippen LogP contribution in [-0.4, -0.2) is 23.1 Å². The number of hydrogen-bond donors (Lipinski definition) is 2. The second-order valence-corrected chi connectivity index (χ2v) is 6.58. The summed E-state index contributed by atoms with van der Waals surface area (Å²) in [4.78, 5) is 8.90. The summed E-state index contributed by atoms with van der Waals surface area (Å²) < 4.78 is 5.40. The topological polar surface area (TPSA) is 59.1 Å². The molecule has 0 amide bonds. The van der Waals surface area contributed by atoms with Gasteiger partial charge in [-0.05, 0) is 37.5 Å². The highest BCUT2D eigenvalue weighted by Gasteiger charge is 2.14. The number of aryl methyl sites for hydroxylation is 1. The molecule has 0 spiro atoms. The summed E-state index contributed by atoms with van der Waals surface area (Å²) >= 11 is 6.16. The molecule has 0 saturated heterocycles. The first-order chi connectivity index (χ1) is 11.7. The standard InChI is InChI=1S/C18H23ClN4O/c1-12-10-15(16(24-2)11-14(12)19)22-17-8-9-20-18(23-17)21-13-6-4-3-5-7-13/h8-11,13H,3-7H2,1-2H3,(H2,20,21,22,23). The third-order valence-electron chi connectivity index (χ3n) is 4.34. The number of ether oxygens (including phenoxy) is 1. The molecule has 2 aromatic rings. The molecule has 6 heteroatoms. The van der Waals surface area contributed by atoms with Crippen LogP contribution in [0.15, 0.2) is 24.4 Å². The van der Waals surface area contributed by atoms with Crippen LogP contribution in [0, 0.1) is 6.92 Å².